The zero-order valence-corrected chi connectivity index (χ0v) is 17.2. The second kappa shape index (κ2) is 7.78. The van der Waals surface area contributed by atoms with Gasteiger partial charge in [0.05, 0.1) is 29.3 Å². The Balaban J connectivity index is 1.52. The van der Waals surface area contributed by atoms with Crippen molar-refractivity contribution >= 4 is 49.8 Å². The standard InChI is InChI=1S/C22H19ClN2O3S/c23-21-17-11-19(29-20(17)16-7-1-2-8-18(16)24-21)22(26)25(12-14-5-3-9-27-14)13-15-6-4-10-28-15/h1-3,5,7-9,11,15H,4,6,10,12-13H2/t15-/m1/s1. The summed E-state index contributed by atoms with van der Waals surface area (Å²) in [7, 11) is 0. The van der Waals surface area contributed by atoms with Gasteiger partial charge in [0, 0.05) is 28.6 Å². The fourth-order valence-corrected chi connectivity index (χ4v) is 5.24. The van der Waals surface area contributed by atoms with Crippen LogP contribution in [-0.2, 0) is 11.3 Å². The van der Waals surface area contributed by atoms with Crippen molar-refractivity contribution in [3.8, 4) is 0 Å². The lowest BCUT2D eigenvalue weighted by Gasteiger charge is -2.24. The Morgan fingerprint density at radius 2 is 2.14 bits per heavy atom. The van der Waals surface area contributed by atoms with Crippen molar-refractivity contribution < 1.29 is 13.9 Å². The molecule has 5 nitrogen and oxygen atoms in total. The molecule has 4 aromatic rings. The van der Waals surface area contributed by atoms with Crippen LogP contribution in [0.15, 0.2) is 53.1 Å². The Hall–Kier alpha value is -2.41. The maximum absolute atomic E-state index is 13.5. The average Bonchev–Trinajstić information content (AvgIpc) is 3.49. The van der Waals surface area contributed by atoms with Gasteiger partial charge in [-0.25, -0.2) is 4.98 Å². The number of rotatable bonds is 5. The molecule has 0 saturated carbocycles. The van der Waals surface area contributed by atoms with Crippen molar-refractivity contribution in [1.82, 2.24) is 9.88 Å². The number of fused-ring (bicyclic) bond motifs is 3. The molecule has 148 valence electrons. The molecule has 1 aliphatic heterocycles. The van der Waals surface area contributed by atoms with E-state index in [0.29, 0.717) is 23.1 Å². The Morgan fingerprint density at radius 1 is 1.24 bits per heavy atom. The molecular weight excluding hydrogens is 408 g/mol. The van der Waals surface area contributed by atoms with Gasteiger partial charge in [0.15, 0.2) is 0 Å². The summed E-state index contributed by atoms with van der Waals surface area (Å²) < 4.78 is 12.2. The van der Waals surface area contributed by atoms with Crippen LogP contribution in [0.2, 0.25) is 5.15 Å². The first kappa shape index (κ1) is 18.6. The molecule has 0 spiro atoms. The largest absolute Gasteiger partial charge is 0.467 e. The number of benzene rings is 1. The van der Waals surface area contributed by atoms with Crippen molar-refractivity contribution in [3.05, 3.63) is 64.5 Å². The van der Waals surface area contributed by atoms with Crippen LogP contribution in [0.25, 0.3) is 21.0 Å². The maximum Gasteiger partial charge on any atom is 0.264 e. The predicted molar refractivity (Wildman–Crippen MR) is 115 cm³/mol. The number of nitrogens with zero attached hydrogens (tertiary/aromatic N) is 2. The molecule has 7 heteroatoms. The number of aromatic nitrogens is 1. The third-order valence-electron chi connectivity index (χ3n) is 5.19. The Morgan fingerprint density at radius 3 is 2.93 bits per heavy atom. The number of hydrogen-bond donors (Lipinski definition) is 0. The number of furan rings is 1. The highest BCUT2D eigenvalue weighted by Crippen LogP contribution is 2.36. The van der Waals surface area contributed by atoms with Gasteiger partial charge in [-0.15, -0.1) is 11.3 Å². The summed E-state index contributed by atoms with van der Waals surface area (Å²) in [6, 6.07) is 13.4. The molecule has 0 bridgehead atoms. The minimum atomic E-state index is -0.0433. The quantitative estimate of drug-likeness (QED) is 0.394. The van der Waals surface area contributed by atoms with E-state index in [-0.39, 0.29) is 12.0 Å². The van der Waals surface area contributed by atoms with Crippen molar-refractivity contribution in [2.24, 2.45) is 0 Å². The van der Waals surface area contributed by atoms with Gasteiger partial charge in [-0.3, -0.25) is 4.79 Å². The van der Waals surface area contributed by atoms with Crippen LogP contribution >= 0.6 is 22.9 Å². The fraction of sp³-hybridized carbons (Fsp3) is 0.273. The number of carbonyl (C=O) groups is 1. The summed E-state index contributed by atoms with van der Waals surface area (Å²) >= 11 is 7.88. The van der Waals surface area contributed by atoms with E-state index in [0.717, 1.165) is 46.2 Å². The number of ether oxygens (including phenoxy) is 1. The first-order chi connectivity index (χ1) is 14.2. The number of amides is 1. The summed E-state index contributed by atoms with van der Waals surface area (Å²) in [5.41, 5.74) is 0.831. The van der Waals surface area contributed by atoms with Gasteiger partial charge in [-0.1, -0.05) is 29.8 Å². The second-order valence-corrected chi connectivity index (χ2v) is 8.58. The smallest absolute Gasteiger partial charge is 0.264 e. The summed E-state index contributed by atoms with van der Waals surface area (Å²) in [5.74, 6) is 0.709. The molecule has 0 N–H and O–H groups in total. The molecule has 1 saturated heterocycles. The molecule has 1 aliphatic rings. The SMILES string of the molecule is O=C(c1cc2c(Cl)nc3ccccc3c2s1)N(Cc1ccco1)C[C@H]1CCCO1. The van der Waals surface area contributed by atoms with Crippen LogP contribution in [-0.4, -0.2) is 35.0 Å². The molecule has 4 heterocycles. The third-order valence-corrected chi connectivity index (χ3v) is 6.64. The Labute approximate surface area is 176 Å². The Bertz CT molecular complexity index is 1170. The van der Waals surface area contributed by atoms with E-state index in [1.54, 1.807) is 6.26 Å². The van der Waals surface area contributed by atoms with Crippen molar-refractivity contribution in [2.45, 2.75) is 25.5 Å². The van der Waals surface area contributed by atoms with Crippen molar-refractivity contribution in [1.29, 1.82) is 0 Å². The first-order valence-electron chi connectivity index (χ1n) is 9.60. The van der Waals surface area contributed by atoms with E-state index in [2.05, 4.69) is 4.98 Å². The minimum absolute atomic E-state index is 0.0433. The number of para-hydroxylation sites is 1. The monoisotopic (exact) mass is 426 g/mol. The molecule has 0 unspecified atom stereocenters. The predicted octanol–water partition coefficient (Wildman–Crippen LogP) is 5.52. The van der Waals surface area contributed by atoms with Crippen molar-refractivity contribution in [2.75, 3.05) is 13.2 Å². The molecule has 1 aromatic carbocycles. The number of pyridine rings is 1. The number of carbonyl (C=O) groups excluding carboxylic acids is 1. The molecular formula is C22H19ClN2O3S. The molecule has 29 heavy (non-hydrogen) atoms. The highest BCUT2D eigenvalue weighted by Gasteiger charge is 2.26. The molecule has 0 radical (unpaired) electrons. The number of halogens is 1. The number of hydrogen-bond acceptors (Lipinski definition) is 5. The average molecular weight is 427 g/mol. The summed E-state index contributed by atoms with van der Waals surface area (Å²) in [6.07, 6.45) is 3.69. The van der Waals surface area contributed by atoms with E-state index in [9.17, 15) is 4.79 Å². The number of thiophene rings is 1. The van der Waals surface area contributed by atoms with Crippen molar-refractivity contribution in [3.63, 3.8) is 0 Å². The van der Waals surface area contributed by atoms with Crippen LogP contribution in [0.1, 0.15) is 28.3 Å². The van der Waals surface area contributed by atoms with Crippen LogP contribution < -0.4 is 0 Å². The topological polar surface area (TPSA) is 55.6 Å². The van der Waals surface area contributed by atoms with Gasteiger partial charge >= 0.3 is 0 Å². The Kier molecular flexibility index (Phi) is 4.99. The molecule has 1 amide bonds. The fourth-order valence-electron chi connectivity index (χ4n) is 3.78. The maximum atomic E-state index is 13.5. The van der Waals surface area contributed by atoms with E-state index in [1.807, 2.05) is 47.4 Å². The van der Waals surface area contributed by atoms with Gasteiger partial charge < -0.3 is 14.1 Å². The van der Waals surface area contributed by atoms with Crippen LogP contribution in [0.5, 0.6) is 0 Å². The van der Waals surface area contributed by atoms with Crippen LogP contribution in [0, 0.1) is 0 Å². The van der Waals surface area contributed by atoms with Gasteiger partial charge in [-0.05, 0) is 37.1 Å². The summed E-state index contributed by atoms with van der Waals surface area (Å²) in [6.45, 7) is 1.71. The highest BCUT2D eigenvalue weighted by molar-refractivity contribution is 7.21. The zero-order valence-electron chi connectivity index (χ0n) is 15.6. The second-order valence-electron chi connectivity index (χ2n) is 7.17. The molecule has 3 aromatic heterocycles. The molecule has 1 atom stereocenters. The van der Waals surface area contributed by atoms with Gasteiger partial charge in [0.2, 0.25) is 0 Å². The van der Waals surface area contributed by atoms with Crippen LogP contribution in [0.3, 0.4) is 0 Å². The summed E-state index contributed by atoms with van der Waals surface area (Å²) in [5, 5.41) is 2.24. The van der Waals surface area contributed by atoms with Gasteiger partial charge in [0.25, 0.3) is 5.91 Å². The van der Waals surface area contributed by atoms with Gasteiger partial charge in [-0.2, -0.15) is 0 Å². The zero-order chi connectivity index (χ0) is 19.8. The van der Waals surface area contributed by atoms with E-state index >= 15 is 0 Å². The first-order valence-corrected chi connectivity index (χ1v) is 10.8. The van der Waals surface area contributed by atoms with Gasteiger partial charge in [0.1, 0.15) is 10.9 Å². The normalized spacial score (nSPS) is 16.7. The minimum Gasteiger partial charge on any atom is -0.467 e. The molecule has 1 fully saturated rings. The van der Waals surface area contributed by atoms with E-state index in [4.69, 9.17) is 20.8 Å². The van der Waals surface area contributed by atoms with Crippen LogP contribution in [0.4, 0.5) is 0 Å². The molecule has 0 aliphatic carbocycles. The lowest BCUT2D eigenvalue weighted by molar-refractivity contribution is 0.0495. The molecule has 5 rings (SSSR count). The summed E-state index contributed by atoms with van der Waals surface area (Å²) in [4.78, 5) is 20.4. The van der Waals surface area contributed by atoms with E-state index < -0.39 is 0 Å². The third kappa shape index (κ3) is 3.64. The lowest BCUT2D eigenvalue weighted by Crippen LogP contribution is -2.36. The van der Waals surface area contributed by atoms with E-state index in [1.165, 1.54) is 11.3 Å². The highest BCUT2D eigenvalue weighted by atomic mass is 35.5. The lowest BCUT2D eigenvalue weighted by atomic mass is 10.2.